The smallest absolute Gasteiger partial charge is 0.214 e. The average molecular weight is 285 g/mol. The highest BCUT2D eigenvalue weighted by molar-refractivity contribution is 7.89. The molecule has 0 aromatic carbocycles. The van der Waals surface area contributed by atoms with Crippen molar-refractivity contribution in [3.63, 3.8) is 0 Å². The van der Waals surface area contributed by atoms with Gasteiger partial charge in [0.15, 0.2) is 0 Å². The molecule has 0 aromatic rings. The van der Waals surface area contributed by atoms with Crippen LogP contribution in [0.25, 0.3) is 0 Å². The fourth-order valence-electron chi connectivity index (χ4n) is 2.14. The highest BCUT2D eigenvalue weighted by Crippen LogP contribution is 2.19. The SMILES string of the molecule is CCCCS(=O)(=O)N1CCC(CNC)CC1.Cl. The quantitative estimate of drug-likeness (QED) is 0.804. The molecule has 0 saturated carbocycles. The van der Waals surface area contributed by atoms with Crippen molar-refractivity contribution >= 4 is 22.4 Å². The molecule has 0 aliphatic carbocycles. The summed E-state index contributed by atoms with van der Waals surface area (Å²) in [5.41, 5.74) is 0. The Morgan fingerprint density at radius 3 is 2.35 bits per heavy atom. The summed E-state index contributed by atoms with van der Waals surface area (Å²) in [7, 11) is -1.02. The lowest BCUT2D eigenvalue weighted by molar-refractivity contribution is 0.270. The summed E-state index contributed by atoms with van der Waals surface area (Å²) in [6.07, 6.45) is 3.70. The van der Waals surface area contributed by atoms with E-state index < -0.39 is 10.0 Å². The first-order valence-corrected chi connectivity index (χ1v) is 7.83. The van der Waals surface area contributed by atoms with Crippen LogP contribution in [-0.2, 0) is 10.0 Å². The summed E-state index contributed by atoms with van der Waals surface area (Å²) in [6.45, 7) is 4.44. The standard InChI is InChI=1S/C11H24N2O2S.ClH/c1-3-4-9-16(14,15)13-7-5-11(6-8-13)10-12-2;/h11-12H,3-10H2,1-2H3;1H. The maximum absolute atomic E-state index is 11.9. The van der Waals surface area contributed by atoms with Gasteiger partial charge in [0.2, 0.25) is 10.0 Å². The van der Waals surface area contributed by atoms with Crippen LogP contribution in [0.3, 0.4) is 0 Å². The summed E-state index contributed by atoms with van der Waals surface area (Å²) in [5.74, 6) is 0.961. The van der Waals surface area contributed by atoms with E-state index in [1.54, 1.807) is 4.31 Å². The van der Waals surface area contributed by atoms with Gasteiger partial charge in [-0.15, -0.1) is 12.4 Å². The van der Waals surface area contributed by atoms with E-state index in [2.05, 4.69) is 5.32 Å². The van der Waals surface area contributed by atoms with Crippen molar-refractivity contribution in [2.75, 3.05) is 32.4 Å². The molecule has 1 N–H and O–H groups in total. The van der Waals surface area contributed by atoms with Crippen LogP contribution in [0.5, 0.6) is 0 Å². The van der Waals surface area contributed by atoms with Crippen molar-refractivity contribution in [3.05, 3.63) is 0 Å². The summed E-state index contributed by atoms with van der Waals surface area (Å²) in [5, 5.41) is 3.16. The number of nitrogens with one attached hydrogen (secondary N) is 1. The lowest BCUT2D eigenvalue weighted by Crippen LogP contribution is -2.41. The topological polar surface area (TPSA) is 49.4 Å². The molecule has 1 saturated heterocycles. The Labute approximate surface area is 112 Å². The summed E-state index contributed by atoms with van der Waals surface area (Å²) < 4.78 is 25.5. The highest BCUT2D eigenvalue weighted by atomic mass is 35.5. The van der Waals surface area contributed by atoms with E-state index in [0.29, 0.717) is 24.8 Å². The number of hydrogen-bond donors (Lipinski definition) is 1. The van der Waals surface area contributed by atoms with Crippen LogP contribution in [-0.4, -0.2) is 45.2 Å². The molecule has 104 valence electrons. The minimum Gasteiger partial charge on any atom is -0.319 e. The molecule has 0 atom stereocenters. The molecular formula is C11H25ClN2O2S. The molecule has 0 radical (unpaired) electrons. The lowest BCUT2D eigenvalue weighted by atomic mass is 9.98. The largest absolute Gasteiger partial charge is 0.319 e. The zero-order chi connectivity index (χ0) is 12.0. The zero-order valence-corrected chi connectivity index (χ0v) is 12.4. The summed E-state index contributed by atoms with van der Waals surface area (Å²) in [4.78, 5) is 0. The highest BCUT2D eigenvalue weighted by Gasteiger charge is 2.26. The van der Waals surface area contributed by atoms with Gasteiger partial charge in [-0.25, -0.2) is 12.7 Å². The van der Waals surface area contributed by atoms with Gasteiger partial charge in [-0.2, -0.15) is 0 Å². The second kappa shape index (κ2) is 8.29. The third kappa shape index (κ3) is 5.55. The van der Waals surface area contributed by atoms with E-state index >= 15 is 0 Å². The Hall–Kier alpha value is 0.160. The van der Waals surface area contributed by atoms with Crippen LogP contribution in [0.15, 0.2) is 0 Å². The predicted molar refractivity (Wildman–Crippen MR) is 74.2 cm³/mol. The number of nitrogens with zero attached hydrogens (tertiary/aromatic N) is 1. The van der Waals surface area contributed by atoms with Crippen LogP contribution in [0, 0.1) is 5.92 Å². The molecular weight excluding hydrogens is 260 g/mol. The van der Waals surface area contributed by atoms with Crippen molar-refractivity contribution in [2.24, 2.45) is 5.92 Å². The van der Waals surface area contributed by atoms with E-state index in [4.69, 9.17) is 0 Å². The van der Waals surface area contributed by atoms with Gasteiger partial charge in [-0.1, -0.05) is 13.3 Å². The molecule has 1 aliphatic heterocycles. The Balaban J connectivity index is 0.00000256. The van der Waals surface area contributed by atoms with E-state index in [0.717, 1.165) is 32.2 Å². The minimum atomic E-state index is -2.97. The molecule has 17 heavy (non-hydrogen) atoms. The van der Waals surface area contributed by atoms with Gasteiger partial charge in [0, 0.05) is 13.1 Å². The maximum Gasteiger partial charge on any atom is 0.214 e. The van der Waals surface area contributed by atoms with Crippen molar-refractivity contribution in [1.29, 1.82) is 0 Å². The molecule has 4 nitrogen and oxygen atoms in total. The van der Waals surface area contributed by atoms with E-state index in [1.807, 2.05) is 14.0 Å². The normalized spacial score (nSPS) is 18.9. The third-order valence-electron chi connectivity index (χ3n) is 3.22. The van der Waals surface area contributed by atoms with Gasteiger partial charge >= 0.3 is 0 Å². The molecule has 0 amide bonds. The number of sulfonamides is 1. The zero-order valence-electron chi connectivity index (χ0n) is 10.8. The van der Waals surface area contributed by atoms with E-state index in [1.165, 1.54) is 0 Å². The van der Waals surface area contributed by atoms with Crippen LogP contribution in [0.2, 0.25) is 0 Å². The summed E-state index contributed by atoms with van der Waals surface area (Å²) >= 11 is 0. The van der Waals surface area contributed by atoms with Crippen molar-refractivity contribution in [2.45, 2.75) is 32.6 Å². The first-order valence-electron chi connectivity index (χ1n) is 6.22. The fourth-order valence-corrected chi connectivity index (χ4v) is 3.81. The third-order valence-corrected chi connectivity index (χ3v) is 5.17. The molecule has 1 heterocycles. The lowest BCUT2D eigenvalue weighted by Gasteiger charge is -2.31. The van der Waals surface area contributed by atoms with Gasteiger partial charge < -0.3 is 5.32 Å². The number of piperidine rings is 1. The van der Waals surface area contributed by atoms with Crippen LogP contribution < -0.4 is 5.32 Å². The Kier molecular flexibility index (Phi) is 8.37. The van der Waals surface area contributed by atoms with Crippen LogP contribution in [0.4, 0.5) is 0 Å². The fraction of sp³-hybridized carbons (Fsp3) is 1.00. The van der Waals surface area contributed by atoms with Crippen LogP contribution >= 0.6 is 12.4 Å². The number of unbranched alkanes of at least 4 members (excludes halogenated alkanes) is 1. The molecule has 0 bridgehead atoms. The van der Waals surface area contributed by atoms with Gasteiger partial charge in [0.1, 0.15) is 0 Å². The van der Waals surface area contributed by atoms with Crippen molar-refractivity contribution in [3.8, 4) is 0 Å². The molecule has 6 heteroatoms. The van der Waals surface area contributed by atoms with Gasteiger partial charge in [-0.3, -0.25) is 0 Å². The number of halogens is 1. The minimum absolute atomic E-state index is 0. The van der Waals surface area contributed by atoms with E-state index in [-0.39, 0.29) is 12.4 Å². The second-order valence-electron chi connectivity index (χ2n) is 4.57. The predicted octanol–water partition coefficient (Wildman–Crippen LogP) is 1.47. The molecule has 1 rings (SSSR count). The first kappa shape index (κ1) is 17.2. The molecule has 1 fully saturated rings. The number of hydrogen-bond acceptors (Lipinski definition) is 3. The average Bonchev–Trinajstić information content (AvgIpc) is 2.28. The van der Waals surface area contributed by atoms with Gasteiger partial charge in [0.25, 0.3) is 0 Å². The molecule has 0 spiro atoms. The molecule has 1 aliphatic rings. The summed E-state index contributed by atoms with van der Waals surface area (Å²) in [6, 6.07) is 0. The van der Waals surface area contributed by atoms with Crippen molar-refractivity contribution in [1.82, 2.24) is 9.62 Å². The first-order chi connectivity index (χ1) is 7.60. The van der Waals surface area contributed by atoms with E-state index in [9.17, 15) is 8.42 Å². The monoisotopic (exact) mass is 284 g/mol. The maximum atomic E-state index is 11.9. The van der Waals surface area contributed by atoms with Gasteiger partial charge in [0.05, 0.1) is 5.75 Å². The Morgan fingerprint density at radius 1 is 1.29 bits per heavy atom. The second-order valence-corrected chi connectivity index (χ2v) is 6.66. The molecule has 0 unspecified atom stereocenters. The molecule has 0 aromatic heterocycles. The Bertz CT molecular complexity index is 288. The number of rotatable bonds is 6. The van der Waals surface area contributed by atoms with Crippen LogP contribution in [0.1, 0.15) is 32.6 Å². The van der Waals surface area contributed by atoms with Gasteiger partial charge in [-0.05, 0) is 38.8 Å². The Morgan fingerprint density at radius 2 is 1.88 bits per heavy atom. The van der Waals surface area contributed by atoms with Crippen molar-refractivity contribution < 1.29 is 8.42 Å².